The molecule has 3 heterocycles. The van der Waals surface area contributed by atoms with Crippen molar-refractivity contribution in [3.8, 4) is 0 Å². The second kappa shape index (κ2) is 11.1. The van der Waals surface area contributed by atoms with Gasteiger partial charge in [-0.25, -0.2) is 0 Å². The van der Waals surface area contributed by atoms with Crippen LogP contribution in [0, 0.1) is 0 Å². The first-order valence-corrected chi connectivity index (χ1v) is 14.2. The lowest BCUT2D eigenvalue weighted by molar-refractivity contribution is 0.535. The molecule has 3 aromatic rings. The van der Waals surface area contributed by atoms with E-state index >= 15 is 0 Å². The Balaban J connectivity index is 1.26. The number of rotatable bonds is 4. The molecule has 2 aromatic carbocycles. The Morgan fingerprint density at radius 2 is 1.24 bits per heavy atom. The summed E-state index contributed by atoms with van der Waals surface area (Å²) in [6, 6.07) is 20.1. The highest BCUT2D eigenvalue weighted by atomic mass is 32.1. The zero-order valence-electron chi connectivity index (χ0n) is 21.5. The number of hydrogen-bond donors (Lipinski definition) is 2. The van der Waals surface area contributed by atoms with Gasteiger partial charge in [0.1, 0.15) is 11.6 Å². The van der Waals surface area contributed by atoms with Gasteiger partial charge < -0.3 is 20.4 Å². The summed E-state index contributed by atoms with van der Waals surface area (Å²) >= 11 is 5.74. The molecule has 6 nitrogen and oxygen atoms in total. The van der Waals surface area contributed by atoms with Crippen LogP contribution in [0.1, 0.15) is 60.8 Å². The van der Waals surface area contributed by atoms with E-state index < -0.39 is 0 Å². The SMILES string of the molecule is S=C(Nc1nc(N2CCc3ccccc3C2)cc(N2CCc3ccccc3C2)n1)NC1CCCCCC1. The molecule has 0 unspecified atom stereocenters. The zero-order chi connectivity index (χ0) is 25.0. The third-order valence-corrected chi connectivity index (χ3v) is 8.24. The van der Waals surface area contributed by atoms with Crippen LogP contribution in [0.25, 0.3) is 0 Å². The van der Waals surface area contributed by atoms with Crippen LogP contribution in [0.4, 0.5) is 17.6 Å². The van der Waals surface area contributed by atoms with Crippen molar-refractivity contribution in [1.82, 2.24) is 15.3 Å². The Morgan fingerprint density at radius 1 is 0.730 bits per heavy atom. The molecule has 1 saturated carbocycles. The van der Waals surface area contributed by atoms with Gasteiger partial charge in [0.2, 0.25) is 5.95 Å². The molecule has 1 fully saturated rings. The minimum atomic E-state index is 0.433. The number of anilines is 3. The standard InChI is InChI=1S/C30H36N6S/c37-30(31-26-13-3-1-2-4-14-26)34-29-32-27(35-17-15-22-9-5-7-11-24(22)20-35)19-28(33-29)36-18-16-23-10-6-8-12-25(23)21-36/h5-12,19,26H,1-4,13-18,20-21H2,(H2,31,32,33,34,37). The highest BCUT2D eigenvalue weighted by Crippen LogP contribution is 2.29. The first kappa shape index (κ1) is 24.2. The Bertz CT molecular complexity index is 1180. The zero-order valence-corrected chi connectivity index (χ0v) is 22.3. The van der Waals surface area contributed by atoms with Crippen LogP contribution >= 0.6 is 12.2 Å². The van der Waals surface area contributed by atoms with Crippen LogP contribution in [-0.4, -0.2) is 34.2 Å². The second-order valence-electron chi connectivity index (χ2n) is 10.6. The van der Waals surface area contributed by atoms with E-state index in [4.69, 9.17) is 22.2 Å². The van der Waals surface area contributed by atoms with Crippen LogP contribution < -0.4 is 20.4 Å². The number of nitrogens with zero attached hydrogens (tertiary/aromatic N) is 4. The summed E-state index contributed by atoms with van der Waals surface area (Å²) in [5.41, 5.74) is 5.63. The quantitative estimate of drug-likeness (QED) is 0.348. The summed E-state index contributed by atoms with van der Waals surface area (Å²) in [5, 5.41) is 7.52. The maximum atomic E-state index is 5.74. The van der Waals surface area contributed by atoms with E-state index in [1.165, 1.54) is 60.8 Å². The first-order valence-electron chi connectivity index (χ1n) is 13.8. The maximum absolute atomic E-state index is 5.74. The Morgan fingerprint density at radius 3 is 1.78 bits per heavy atom. The minimum Gasteiger partial charge on any atom is -0.360 e. The van der Waals surface area contributed by atoms with E-state index in [2.05, 4.69) is 75.0 Å². The van der Waals surface area contributed by atoms with Gasteiger partial charge in [-0.1, -0.05) is 74.2 Å². The van der Waals surface area contributed by atoms with E-state index in [-0.39, 0.29) is 0 Å². The number of aromatic nitrogens is 2. The molecule has 1 aromatic heterocycles. The van der Waals surface area contributed by atoms with Gasteiger partial charge in [0.25, 0.3) is 0 Å². The van der Waals surface area contributed by atoms with Gasteiger partial charge in [0.15, 0.2) is 5.11 Å². The molecule has 0 bridgehead atoms. The number of benzene rings is 2. The van der Waals surface area contributed by atoms with Crippen molar-refractivity contribution in [2.75, 3.05) is 28.2 Å². The molecule has 1 aliphatic carbocycles. The van der Waals surface area contributed by atoms with Crippen molar-refractivity contribution in [3.05, 3.63) is 76.9 Å². The summed E-state index contributed by atoms with van der Waals surface area (Å²) < 4.78 is 0. The molecule has 0 spiro atoms. The van der Waals surface area contributed by atoms with Gasteiger partial charge in [-0.05, 0) is 60.2 Å². The van der Waals surface area contributed by atoms with Crippen molar-refractivity contribution in [3.63, 3.8) is 0 Å². The van der Waals surface area contributed by atoms with Gasteiger partial charge in [-0.3, -0.25) is 0 Å². The predicted molar refractivity (Wildman–Crippen MR) is 155 cm³/mol. The van der Waals surface area contributed by atoms with Gasteiger partial charge in [0, 0.05) is 38.3 Å². The third kappa shape index (κ3) is 5.72. The Labute approximate surface area is 225 Å². The highest BCUT2D eigenvalue weighted by Gasteiger charge is 2.23. The molecule has 2 N–H and O–H groups in total. The summed E-state index contributed by atoms with van der Waals surface area (Å²) in [6.07, 6.45) is 9.58. The van der Waals surface area contributed by atoms with E-state index in [1.807, 2.05) is 0 Å². The number of hydrogen-bond acceptors (Lipinski definition) is 5. The molecule has 192 valence electrons. The fourth-order valence-electron chi connectivity index (χ4n) is 5.93. The summed E-state index contributed by atoms with van der Waals surface area (Å²) in [5.74, 6) is 2.49. The van der Waals surface area contributed by atoms with Crippen LogP contribution in [0.3, 0.4) is 0 Å². The van der Waals surface area contributed by atoms with Crippen molar-refractivity contribution in [2.24, 2.45) is 0 Å². The lowest BCUT2D eigenvalue weighted by atomic mass is 9.99. The highest BCUT2D eigenvalue weighted by molar-refractivity contribution is 7.80. The van der Waals surface area contributed by atoms with E-state index in [0.29, 0.717) is 17.1 Å². The molecule has 0 atom stereocenters. The first-order chi connectivity index (χ1) is 18.2. The van der Waals surface area contributed by atoms with Crippen molar-refractivity contribution in [2.45, 2.75) is 70.5 Å². The van der Waals surface area contributed by atoms with Gasteiger partial charge in [0.05, 0.1) is 0 Å². The van der Waals surface area contributed by atoms with Gasteiger partial charge >= 0.3 is 0 Å². The maximum Gasteiger partial charge on any atom is 0.232 e. The van der Waals surface area contributed by atoms with E-state index in [9.17, 15) is 0 Å². The second-order valence-corrected chi connectivity index (χ2v) is 11.0. The lowest BCUT2D eigenvalue weighted by Gasteiger charge is -2.33. The van der Waals surface area contributed by atoms with Crippen molar-refractivity contribution in [1.29, 1.82) is 0 Å². The van der Waals surface area contributed by atoms with Crippen molar-refractivity contribution >= 4 is 34.9 Å². The molecule has 37 heavy (non-hydrogen) atoms. The molecule has 0 radical (unpaired) electrons. The van der Waals surface area contributed by atoms with Gasteiger partial charge in [-0.15, -0.1) is 0 Å². The normalized spacial score (nSPS) is 17.9. The molecular weight excluding hydrogens is 476 g/mol. The molecule has 2 aliphatic heterocycles. The van der Waals surface area contributed by atoms with Crippen molar-refractivity contribution < 1.29 is 0 Å². The number of nitrogens with one attached hydrogen (secondary N) is 2. The van der Waals surface area contributed by atoms with Crippen LogP contribution in [0.15, 0.2) is 54.6 Å². The fraction of sp³-hybridized carbons (Fsp3) is 0.433. The molecule has 3 aliphatic rings. The minimum absolute atomic E-state index is 0.433. The number of fused-ring (bicyclic) bond motifs is 2. The summed E-state index contributed by atoms with van der Waals surface area (Å²) in [4.78, 5) is 14.7. The smallest absolute Gasteiger partial charge is 0.232 e. The van der Waals surface area contributed by atoms with Gasteiger partial charge in [-0.2, -0.15) is 9.97 Å². The summed E-state index contributed by atoms with van der Waals surface area (Å²) in [7, 11) is 0. The molecule has 7 heteroatoms. The predicted octanol–water partition coefficient (Wildman–Crippen LogP) is 5.61. The van der Waals surface area contributed by atoms with E-state index in [1.54, 1.807) is 0 Å². The fourth-order valence-corrected chi connectivity index (χ4v) is 6.19. The number of thiocarbonyl (C=S) groups is 1. The van der Waals surface area contributed by atoms with E-state index in [0.717, 1.165) is 50.7 Å². The van der Waals surface area contributed by atoms with Crippen LogP contribution in [0.2, 0.25) is 0 Å². The average Bonchev–Trinajstić information content (AvgIpc) is 3.21. The molecule has 6 rings (SSSR count). The largest absolute Gasteiger partial charge is 0.360 e. The molecular formula is C30H36N6S. The lowest BCUT2D eigenvalue weighted by Crippen LogP contribution is -2.38. The third-order valence-electron chi connectivity index (χ3n) is 8.02. The molecule has 0 amide bonds. The summed E-state index contributed by atoms with van der Waals surface area (Å²) in [6.45, 7) is 3.61. The van der Waals surface area contributed by atoms with Crippen LogP contribution in [0.5, 0.6) is 0 Å². The monoisotopic (exact) mass is 512 g/mol. The van der Waals surface area contributed by atoms with Crippen LogP contribution in [-0.2, 0) is 25.9 Å². The molecule has 0 saturated heterocycles. The Hall–Kier alpha value is -3.19. The Kier molecular flexibility index (Phi) is 7.22. The average molecular weight is 513 g/mol. The topological polar surface area (TPSA) is 56.3 Å².